The standard InChI is InChI=1S/C13H17NO3/c1-3-16-13-11-8-6-5-7-10(11)9-12(15)14(13)17-4-2/h5-8,13H,3-4,9H2,1-2H3. The Morgan fingerprint density at radius 1 is 1.29 bits per heavy atom. The fourth-order valence-electron chi connectivity index (χ4n) is 2.03. The van der Waals surface area contributed by atoms with Crippen LogP contribution < -0.4 is 0 Å². The van der Waals surface area contributed by atoms with Gasteiger partial charge in [0.15, 0.2) is 6.23 Å². The van der Waals surface area contributed by atoms with Crippen molar-refractivity contribution in [3.8, 4) is 0 Å². The van der Waals surface area contributed by atoms with E-state index in [0.717, 1.165) is 11.1 Å². The van der Waals surface area contributed by atoms with Crippen LogP contribution in [-0.4, -0.2) is 24.2 Å². The SMILES string of the molecule is CCOC1c2ccccc2CC(=O)N1OCC. The lowest BCUT2D eigenvalue weighted by Crippen LogP contribution is -2.41. The number of carbonyl (C=O) groups is 1. The van der Waals surface area contributed by atoms with Crippen molar-refractivity contribution >= 4 is 5.91 Å². The van der Waals surface area contributed by atoms with Crippen molar-refractivity contribution in [2.75, 3.05) is 13.2 Å². The molecule has 1 amide bonds. The number of carbonyl (C=O) groups excluding carboxylic acids is 1. The fraction of sp³-hybridized carbons (Fsp3) is 0.462. The summed E-state index contributed by atoms with van der Waals surface area (Å²) in [7, 11) is 0. The van der Waals surface area contributed by atoms with Crippen LogP contribution in [0.2, 0.25) is 0 Å². The van der Waals surface area contributed by atoms with Gasteiger partial charge in [-0.1, -0.05) is 24.3 Å². The Morgan fingerprint density at radius 3 is 2.76 bits per heavy atom. The Bertz CT molecular complexity index is 405. The van der Waals surface area contributed by atoms with Gasteiger partial charge in [0.05, 0.1) is 13.0 Å². The number of hydrogen-bond acceptors (Lipinski definition) is 3. The predicted octanol–water partition coefficient (Wildman–Crippen LogP) is 2.06. The predicted molar refractivity (Wildman–Crippen MR) is 63.0 cm³/mol. The highest BCUT2D eigenvalue weighted by Gasteiger charge is 2.33. The Hall–Kier alpha value is -1.39. The molecule has 0 aliphatic carbocycles. The number of hydroxylamine groups is 2. The van der Waals surface area contributed by atoms with E-state index in [1.165, 1.54) is 5.06 Å². The molecular weight excluding hydrogens is 218 g/mol. The van der Waals surface area contributed by atoms with E-state index in [1.54, 1.807) is 0 Å². The van der Waals surface area contributed by atoms with Crippen LogP contribution in [-0.2, 0) is 20.8 Å². The van der Waals surface area contributed by atoms with Gasteiger partial charge in [-0.05, 0) is 19.4 Å². The maximum Gasteiger partial charge on any atom is 0.253 e. The molecule has 0 saturated carbocycles. The molecule has 1 aliphatic rings. The van der Waals surface area contributed by atoms with Crippen molar-refractivity contribution in [3.63, 3.8) is 0 Å². The average Bonchev–Trinajstić information content (AvgIpc) is 2.34. The molecule has 1 atom stereocenters. The first-order valence-electron chi connectivity index (χ1n) is 5.92. The molecule has 0 aromatic heterocycles. The second kappa shape index (κ2) is 5.29. The van der Waals surface area contributed by atoms with E-state index in [9.17, 15) is 4.79 Å². The van der Waals surface area contributed by atoms with Crippen molar-refractivity contribution in [2.24, 2.45) is 0 Å². The summed E-state index contributed by atoms with van der Waals surface area (Å²) in [5.74, 6) is -0.0519. The summed E-state index contributed by atoms with van der Waals surface area (Å²) in [5, 5.41) is 1.35. The van der Waals surface area contributed by atoms with E-state index in [2.05, 4.69) is 0 Å². The van der Waals surface area contributed by atoms with Crippen molar-refractivity contribution in [3.05, 3.63) is 35.4 Å². The summed E-state index contributed by atoms with van der Waals surface area (Å²) >= 11 is 0. The first-order valence-corrected chi connectivity index (χ1v) is 5.92. The molecule has 92 valence electrons. The minimum atomic E-state index is -0.419. The van der Waals surface area contributed by atoms with Crippen LogP contribution in [0.15, 0.2) is 24.3 Å². The highest BCUT2D eigenvalue weighted by Crippen LogP contribution is 2.31. The third-order valence-corrected chi connectivity index (χ3v) is 2.71. The molecular formula is C13H17NO3. The van der Waals surface area contributed by atoms with E-state index in [4.69, 9.17) is 9.57 Å². The van der Waals surface area contributed by atoms with Crippen molar-refractivity contribution in [1.82, 2.24) is 5.06 Å². The van der Waals surface area contributed by atoms with E-state index >= 15 is 0 Å². The molecule has 0 saturated heterocycles. The molecule has 17 heavy (non-hydrogen) atoms. The van der Waals surface area contributed by atoms with Gasteiger partial charge in [0.25, 0.3) is 5.91 Å². The maximum absolute atomic E-state index is 12.0. The Labute approximate surface area is 101 Å². The summed E-state index contributed by atoms with van der Waals surface area (Å²) in [4.78, 5) is 17.3. The van der Waals surface area contributed by atoms with Gasteiger partial charge in [-0.25, -0.2) is 0 Å². The lowest BCUT2D eigenvalue weighted by molar-refractivity contribution is -0.248. The van der Waals surface area contributed by atoms with Gasteiger partial charge in [0, 0.05) is 12.2 Å². The largest absolute Gasteiger partial charge is 0.352 e. The summed E-state index contributed by atoms with van der Waals surface area (Å²) in [5.41, 5.74) is 2.04. The van der Waals surface area contributed by atoms with Crippen LogP contribution >= 0.6 is 0 Å². The molecule has 0 bridgehead atoms. The first-order chi connectivity index (χ1) is 8.27. The molecule has 1 aliphatic heterocycles. The molecule has 0 fully saturated rings. The van der Waals surface area contributed by atoms with Gasteiger partial charge in [-0.2, -0.15) is 5.06 Å². The zero-order chi connectivity index (χ0) is 12.3. The lowest BCUT2D eigenvalue weighted by atomic mass is 9.99. The van der Waals surface area contributed by atoms with Gasteiger partial charge < -0.3 is 4.74 Å². The fourth-order valence-corrected chi connectivity index (χ4v) is 2.03. The van der Waals surface area contributed by atoms with E-state index < -0.39 is 6.23 Å². The lowest BCUT2D eigenvalue weighted by Gasteiger charge is -2.35. The van der Waals surface area contributed by atoms with Crippen LogP contribution in [0.25, 0.3) is 0 Å². The molecule has 1 aromatic carbocycles. The Balaban J connectivity index is 2.35. The van der Waals surface area contributed by atoms with Crippen molar-refractivity contribution in [2.45, 2.75) is 26.5 Å². The normalized spacial score (nSPS) is 19.3. The third kappa shape index (κ3) is 2.33. The van der Waals surface area contributed by atoms with E-state index in [0.29, 0.717) is 19.6 Å². The first kappa shape index (κ1) is 12.1. The number of hydrogen-bond donors (Lipinski definition) is 0. The van der Waals surface area contributed by atoms with Crippen molar-refractivity contribution in [1.29, 1.82) is 0 Å². The van der Waals surface area contributed by atoms with Gasteiger partial charge in [-0.15, -0.1) is 0 Å². The second-order valence-electron chi connectivity index (χ2n) is 3.82. The second-order valence-corrected chi connectivity index (χ2v) is 3.82. The number of amides is 1. The molecule has 1 heterocycles. The summed E-state index contributed by atoms with van der Waals surface area (Å²) < 4.78 is 5.62. The monoisotopic (exact) mass is 235 g/mol. The van der Waals surface area contributed by atoms with E-state index in [1.807, 2.05) is 38.1 Å². The van der Waals surface area contributed by atoms with E-state index in [-0.39, 0.29) is 5.91 Å². The smallest absolute Gasteiger partial charge is 0.253 e. The van der Waals surface area contributed by atoms with Gasteiger partial charge in [0.1, 0.15) is 0 Å². The molecule has 4 heteroatoms. The molecule has 2 rings (SSSR count). The number of benzene rings is 1. The van der Waals surface area contributed by atoms with Crippen molar-refractivity contribution < 1.29 is 14.4 Å². The molecule has 4 nitrogen and oxygen atoms in total. The number of rotatable bonds is 4. The van der Waals surface area contributed by atoms with Crippen LogP contribution in [0.1, 0.15) is 31.2 Å². The van der Waals surface area contributed by atoms with Crippen LogP contribution in [0.3, 0.4) is 0 Å². The Morgan fingerprint density at radius 2 is 2.06 bits per heavy atom. The average molecular weight is 235 g/mol. The number of ether oxygens (including phenoxy) is 1. The minimum Gasteiger partial charge on any atom is -0.352 e. The van der Waals surface area contributed by atoms with Crippen LogP contribution in [0, 0.1) is 0 Å². The van der Waals surface area contributed by atoms with Gasteiger partial charge in [0.2, 0.25) is 0 Å². The van der Waals surface area contributed by atoms with Crippen LogP contribution in [0.5, 0.6) is 0 Å². The van der Waals surface area contributed by atoms with Crippen LogP contribution in [0.4, 0.5) is 0 Å². The highest BCUT2D eigenvalue weighted by molar-refractivity contribution is 5.80. The maximum atomic E-state index is 12.0. The molecule has 0 radical (unpaired) electrons. The summed E-state index contributed by atoms with van der Waals surface area (Å²) in [6, 6.07) is 7.83. The molecule has 1 aromatic rings. The zero-order valence-electron chi connectivity index (χ0n) is 10.2. The zero-order valence-corrected chi connectivity index (χ0v) is 10.2. The minimum absolute atomic E-state index is 0.0519. The molecule has 1 unspecified atom stereocenters. The quantitative estimate of drug-likeness (QED) is 0.801. The summed E-state index contributed by atoms with van der Waals surface area (Å²) in [6.07, 6.45) is -0.0443. The third-order valence-electron chi connectivity index (χ3n) is 2.71. The summed E-state index contributed by atoms with van der Waals surface area (Å²) in [6.45, 7) is 4.76. The number of nitrogens with zero attached hydrogens (tertiary/aromatic N) is 1. The number of fused-ring (bicyclic) bond motifs is 1. The molecule has 0 spiro atoms. The topological polar surface area (TPSA) is 38.8 Å². The van der Waals surface area contributed by atoms with Gasteiger partial charge in [-0.3, -0.25) is 9.63 Å². The van der Waals surface area contributed by atoms with Gasteiger partial charge >= 0.3 is 0 Å². The Kier molecular flexibility index (Phi) is 3.76. The molecule has 0 N–H and O–H groups in total. The highest BCUT2D eigenvalue weighted by atomic mass is 16.7.